The van der Waals surface area contributed by atoms with E-state index in [0.717, 1.165) is 35.4 Å². The molecule has 1 unspecified atom stereocenters. The van der Waals surface area contributed by atoms with Gasteiger partial charge in [-0.15, -0.1) is 0 Å². The molecule has 20 heavy (non-hydrogen) atoms. The fraction of sp³-hybridized carbons (Fsp3) is 0.333. The van der Waals surface area contributed by atoms with E-state index in [-0.39, 0.29) is 6.04 Å². The van der Waals surface area contributed by atoms with Crippen LogP contribution in [0.25, 0.3) is 0 Å². The fourth-order valence-corrected chi connectivity index (χ4v) is 3.02. The first-order valence-electron chi connectivity index (χ1n) is 6.36. The Labute approximate surface area is 120 Å². The Balaban J connectivity index is 2.33. The van der Waals surface area contributed by atoms with Gasteiger partial charge in [-0.1, -0.05) is 19.1 Å². The summed E-state index contributed by atoms with van der Waals surface area (Å²) >= 11 is 1.60. The van der Waals surface area contributed by atoms with Crippen molar-refractivity contribution < 1.29 is 13.2 Å². The predicted octanol–water partition coefficient (Wildman–Crippen LogP) is 4.77. The van der Waals surface area contributed by atoms with Gasteiger partial charge in [0.2, 0.25) is 0 Å². The number of aryl methyl sites for hydroxylation is 1. The molecule has 0 aliphatic carbocycles. The number of thiophene rings is 1. The number of rotatable bonds is 4. The maximum Gasteiger partial charge on any atom is 0.416 e. The maximum atomic E-state index is 12.6. The summed E-state index contributed by atoms with van der Waals surface area (Å²) in [5.74, 6) is 0. The second-order valence-corrected chi connectivity index (χ2v) is 5.36. The number of alkyl halides is 3. The summed E-state index contributed by atoms with van der Waals surface area (Å²) in [6.07, 6.45) is -4.29. The summed E-state index contributed by atoms with van der Waals surface area (Å²) in [6, 6.07) is 5.32. The average molecular weight is 299 g/mol. The number of hydrogen-bond donors (Lipinski definition) is 1. The van der Waals surface area contributed by atoms with Crippen LogP contribution in [0.3, 0.4) is 0 Å². The van der Waals surface area contributed by atoms with Gasteiger partial charge in [0.1, 0.15) is 0 Å². The Morgan fingerprint density at radius 1 is 1.15 bits per heavy atom. The Kier molecular flexibility index (Phi) is 4.50. The monoisotopic (exact) mass is 299 g/mol. The highest BCUT2D eigenvalue weighted by Gasteiger charge is 2.30. The third-order valence-corrected chi connectivity index (χ3v) is 4.07. The first-order chi connectivity index (χ1) is 9.43. The van der Waals surface area contributed by atoms with Crippen molar-refractivity contribution in [2.24, 2.45) is 0 Å². The van der Waals surface area contributed by atoms with Crippen LogP contribution in [-0.4, -0.2) is 6.54 Å². The van der Waals surface area contributed by atoms with Crippen LogP contribution >= 0.6 is 11.3 Å². The first kappa shape index (κ1) is 15.1. The van der Waals surface area contributed by atoms with Gasteiger partial charge in [0, 0.05) is 0 Å². The Bertz CT molecular complexity index is 557. The highest BCUT2D eigenvalue weighted by Crippen LogP contribution is 2.32. The lowest BCUT2D eigenvalue weighted by atomic mass is 9.97. The zero-order valence-corrected chi connectivity index (χ0v) is 12.1. The quantitative estimate of drug-likeness (QED) is 0.857. The van der Waals surface area contributed by atoms with E-state index >= 15 is 0 Å². The molecule has 1 nitrogen and oxygen atoms in total. The van der Waals surface area contributed by atoms with Gasteiger partial charge in [-0.2, -0.15) is 24.5 Å². The molecule has 0 aliphatic heterocycles. The molecule has 0 spiro atoms. The van der Waals surface area contributed by atoms with Crippen molar-refractivity contribution in [3.05, 3.63) is 57.3 Å². The van der Waals surface area contributed by atoms with E-state index < -0.39 is 11.7 Å². The van der Waals surface area contributed by atoms with E-state index in [2.05, 4.69) is 5.32 Å². The third-order valence-electron chi connectivity index (χ3n) is 3.19. The Hall–Kier alpha value is -1.33. The minimum Gasteiger partial charge on any atom is -0.306 e. The average Bonchev–Trinajstić information content (AvgIpc) is 2.81. The highest BCUT2D eigenvalue weighted by molar-refractivity contribution is 7.08. The van der Waals surface area contributed by atoms with Crippen molar-refractivity contribution in [3.8, 4) is 0 Å². The lowest BCUT2D eigenvalue weighted by molar-refractivity contribution is -0.137. The third kappa shape index (κ3) is 3.22. The largest absolute Gasteiger partial charge is 0.416 e. The summed E-state index contributed by atoms with van der Waals surface area (Å²) in [6.45, 7) is 4.75. The van der Waals surface area contributed by atoms with E-state index in [9.17, 15) is 13.2 Å². The van der Waals surface area contributed by atoms with Crippen molar-refractivity contribution in [2.75, 3.05) is 6.54 Å². The van der Waals surface area contributed by atoms with E-state index in [1.165, 1.54) is 0 Å². The molecule has 0 saturated carbocycles. The van der Waals surface area contributed by atoms with Gasteiger partial charge in [-0.05, 0) is 53.1 Å². The van der Waals surface area contributed by atoms with Gasteiger partial charge in [0.15, 0.2) is 0 Å². The minimum absolute atomic E-state index is 0.0615. The van der Waals surface area contributed by atoms with E-state index in [1.807, 2.05) is 24.6 Å². The molecule has 2 rings (SSSR count). The van der Waals surface area contributed by atoms with Gasteiger partial charge in [0.25, 0.3) is 0 Å². The summed E-state index contributed by atoms with van der Waals surface area (Å²) in [4.78, 5) is 0. The molecule has 1 aromatic carbocycles. The Morgan fingerprint density at radius 3 is 2.25 bits per heavy atom. The van der Waals surface area contributed by atoms with Crippen molar-refractivity contribution in [2.45, 2.75) is 26.1 Å². The number of halogens is 3. The molecule has 2 aromatic rings. The SMILES string of the molecule is CCNC(c1ccc(C(F)(F)F)cc1)c1cscc1C. The zero-order valence-electron chi connectivity index (χ0n) is 11.3. The summed E-state index contributed by atoms with van der Waals surface area (Å²) in [5, 5.41) is 7.41. The second kappa shape index (κ2) is 5.97. The Morgan fingerprint density at radius 2 is 1.80 bits per heavy atom. The molecule has 1 atom stereocenters. The van der Waals surface area contributed by atoms with Gasteiger partial charge in [0.05, 0.1) is 11.6 Å². The predicted molar refractivity (Wildman–Crippen MR) is 76.0 cm³/mol. The summed E-state index contributed by atoms with van der Waals surface area (Å²) in [7, 11) is 0. The van der Waals surface area contributed by atoms with E-state index in [4.69, 9.17) is 0 Å². The van der Waals surface area contributed by atoms with Crippen LogP contribution in [0.2, 0.25) is 0 Å². The standard InChI is InChI=1S/C15H16F3NS/c1-3-19-14(13-9-20-8-10(13)2)11-4-6-12(7-5-11)15(16,17)18/h4-9,14,19H,3H2,1-2H3. The molecular formula is C15H16F3NS. The summed E-state index contributed by atoms with van der Waals surface area (Å²) < 4.78 is 37.8. The van der Waals surface area contributed by atoms with Crippen molar-refractivity contribution >= 4 is 11.3 Å². The molecular weight excluding hydrogens is 283 g/mol. The lowest BCUT2D eigenvalue weighted by Crippen LogP contribution is -2.22. The van der Waals surface area contributed by atoms with Crippen LogP contribution in [0.4, 0.5) is 13.2 Å². The minimum atomic E-state index is -4.29. The molecule has 5 heteroatoms. The van der Waals surface area contributed by atoms with Crippen molar-refractivity contribution in [1.82, 2.24) is 5.32 Å². The van der Waals surface area contributed by atoms with Crippen LogP contribution in [-0.2, 0) is 6.18 Å². The summed E-state index contributed by atoms with van der Waals surface area (Å²) in [5.41, 5.74) is 2.51. The normalized spacial score (nSPS) is 13.4. The van der Waals surface area contributed by atoms with Crippen molar-refractivity contribution in [1.29, 1.82) is 0 Å². The van der Waals surface area contributed by atoms with Gasteiger partial charge < -0.3 is 5.32 Å². The van der Waals surface area contributed by atoms with Crippen LogP contribution in [0.15, 0.2) is 35.0 Å². The lowest BCUT2D eigenvalue weighted by Gasteiger charge is -2.19. The molecule has 0 radical (unpaired) electrons. The van der Waals surface area contributed by atoms with Crippen LogP contribution in [0.1, 0.15) is 35.2 Å². The molecule has 0 saturated heterocycles. The molecule has 0 aliphatic rings. The number of nitrogens with one attached hydrogen (secondary N) is 1. The molecule has 108 valence electrons. The molecule has 1 N–H and O–H groups in total. The van der Waals surface area contributed by atoms with Gasteiger partial charge >= 0.3 is 6.18 Å². The highest BCUT2D eigenvalue weighted by atomic mass is 32.1. The second-order valence-electron chi connectivity index (χ2n) is 4.62. The maximum absolute atomic E-state index is 12.6. The van der Waals surface area contributed by atoms with Crippen molar-refractivity contribution in [3.63, 3.8) is 0 Å². The van der Waals surface area contributed by atoms with E-state index in [1.54, 1.807) is 23.5 Å². The smallest absolute Gasteiger partial charge is 0.306 e. The topological polar surface area (TPSA) is 12.0 Å². The fourth-order valence-electron chi connectivity index (χ4n) is 2.14. The number of hydrogen-bond acceptors (Lipinski definition) is 2. The molecule has 0 amide bonds. The van der Waals surface area contributed by atoms with Crippen LogP contribution < -0.4 is 5.32 Å². The van der Waals surface area contributed by atoms with Crippen LogP contribution in [0.5, 0.6) is 0 Å². The number of benzene rings is 1. The molecule has 1 heterocycles. The molecule has 0 bridgehead atoms. The first-order valence-corrected chi connectivity index (χ1v) is 7.31. The van der Waals surface area contributed by atoms with Gasteiger partial charge in [-0.3, -0.25) is 0 Å². The zero-order chi connectivity index (χ0) is 14.8. The van der Waals surface area contributed by atoms with Gasteiger partial charge in [-0.25, -0.2) is 0 Å². The van der Waals surface area contributed by atoms with E-state index in [0.29, 0.717) is 0 Å². The van der Waals surface area contributed by atoms with Crippen LogP contribution in [0, 0.1) is 6.92 Å². The molecule has 0 fully saturated rings. The molecule has 1 aromatic heterocycles.